The highest BCUT2D eigenvalue weighted by atomic mass is 19.1. The summed E-state index contributed by atoms with van der Waals surface area (Å²) in [6, 6.07) is 7.21. The molecule has 0 amide bonds. The molecule has 1 aromatic heterocycles. The molecule has 2 fully saturated rings. The highest BCUT2D eigenvalue weighted by Crippen LogP contribution is 2.40. The Labute approximate surface area is 162 Å². The number of likely N-dealkylation sites (tertiary alicyclic amines) is 2. The predicted molar refractivity (Wildman–Crippen MR) is 106 cm³/mol. The van der Waals surface area contributed by atoms with E-state index in [0.29, 0.717) is 5.41 Å². The van der Waals surface area contributed by atoms with Crippen LogP contribution < -0.4 is 0 Å². The molecule has 4 rings (SSSR count). The predicted octanol–water partition coefficient (Wildman–Crippen LogP) is 3.84. The van der Waals surface area contributed by atoms with E-state index in [2.05, 4.69) is 34.9 Å². The van der Waals surface area contributed by atoms with Gasteiger partial charge in [-0.1, -0.05) is 18.2 Å². The van der Waals surface area contributed by atoms with Gasteiger partial charge >= 0.3 is 0 Å². The zero-order valence-electron chi connectivity index (χ0n) is 16.6. The number of rotatable bonds is 5. The summed E-state index contributed by atoms with van der Waals surface area (Å²) < 4.78 is 16.1. The zero-order chi connectivity index (χ0) is 18.9. The van der Waals surface area contributed by atoms with Gasteiger partial charge in [-0.3, -0.25) is 14.5 Å². The zero-order valence-corrected chi connectivity index (χ0v) is 16.6. The molecule has 0 aliphatic carbocycles. The SMILES string of the molecule is CCn1cc(CN2CCC3(CCCN(Cc4ccccc4F)C3)C2)c(C)n1. The number of nitrogens with zero attached hydrogens (tertiary/aromatic N) is 4. The second-order valence-corrected chi connectivity index (χ2v) is 8.46. The summed E-state index contributed by atoms with van der Waals surface area (Å²) in [4.78, 5) is 5.06. The monoisotopic (exact) mass is 370 g/mol. The van der Waals surface area contributed by atoms with Gasteiger partial charge in [-0.25, -0.2) is 4.39 Å². The van der Waals surface area contributed by atoms with Crippen LogP contribution in [0.2, 0.25) is 0 Å². The largest absolute Gasteiger partial charge is 0.298 e. The molecule has 1 spiro atoms. The molecule has 2 aliphatic heterocycles. The second kappa shape index (κ2) is 7.72. The van der Waals surface area contributed by atoms with Gasteiger partial charge in [-0.15, -0.1) is 0 Å². The second-order valence-electron chi connectivity index (χ2n) is 8.46. The van der Waals surface area contributed by atoms with Crippen molar-refractivity contribution in [3.63, 3.8) is 0 Å². The van der Waals surface area contributed by atoms with Crippen molar-refractivity contribution >= 4 is 0 Å². The molecule has 0 saturated carbocycles. The lowest BCUT2D eigenvalue weighted by molar-refractivity contribution is 0.0858. The fraction of sp³-hybridized carbons (Fsp3) is 0.591. The molecule has 1 aromatic carbocycles. The van der Waals surface area contributed by atoms with Crippen molar-refractivity contribution in [1.29, 1.82) is 0 Å². The van der Waals surface area contributed by atoms with E-state index < -0.39 is 0 Å². The van der Waals surface area contributed by atoms with Crippen LogP contribution in [0.5, 0.6) is 0 Å². The standard InChI is InChI=1S/C22H31FN4/c1-3-27-15-20(18(2)24-27)14-26-12-10-22(17-26)9-6-11-25(16-22)13-19-7-4-5-8-21(19)23/h4-5,7-8,15H,3,6,9-14,16-17H2,1-2H3. The van der Waals surface area contributed by atoms with Crippen LogP contribution in [-0.4, -0.2) is 45.8 Å². The molecule has 2 saturated heterocycles. The maximum Gasteiger partial charge on any atom is 0.127 e. The molecular formula is C22H31FN4. The van der Waals surface area contributed by atoms with E-state index >= 15 is 0 Å². The van der Waals surface area contributed by atoms with Gasteiger partial charge in [-0.05, 0) is 57.7 Å². The maximum atomic E-state index is 14.0. The van der Waals surface area contributed by atoms with Crippen LogP contribution in [0, 0.1) is 18.2 Å². The van der Waals surface area contributed by atoms with Crippen molar-refractivity contribution in [1.82, 2.24) is 19.6 Å². The Hall–Kier alpha value is -1.72. The highest BCUT2D eigenvalue weighted by molar-refractivity contribution is 5.18. The molecule has 3 heterocycles. The molecule has 1 atom stereocenters. The average molecular weight is 371 g/mol. The molecule has 5 heteroatoms. The molecule has 2 aliphatic rings. The lowest BCUT2D eigenvalue weighted by Crippen LogP contribution is -2.44. The van der Waals surface area contributed by atoms with Crippen LogP contribution >= 0.6 is 0 Å². The molecule has 4 nitrogen and oxygen atoms in total. The van der Waals surface area contributed by atoms with Gasteiger partial charge in [0.05, 0.1) is 5.69 Å². The lowest BCUT2D eigenvalue weighted by atomic mass is 9.79. The van der Waals surface area contributed by atoms with Gasteiger partial charge in [0, 0.05) is 50.0 Å². The number of halogens is 1. The molecule has 0 bridgehead atoms. The first-order valence-corrected chi connectivity index (χ1v) is 10.3. The quantitative estimate of drug-likeness (QED) is 0.799. The lowest BCUT2D eigenvalue weighted by Gasteiger charge is -2.40. The first-order chi connectivity index (χ1) is 13.1. The van der Waals surface area contributed by atoms with Gasteiger partial charge in [-0.2, -0.15) is 5.10 Å². The van der Waals surface area contributed by atoms with E-state index in [1.165, 1.54) is 24.8 Å². The fourth-order valence-electron chi connectivity index (χ4n) is 4.93. The molecule has 146 valence electrons. The third kappa shape index (κ3) is 4.09. The van der Waals surface area contributed by atoms with Crippen molar-refractivity contribution in [3.8, 4) is 0 Å². The molecule has 1 unspecified atom stereocenters. The topological polar surface area (TPSA) is 24.3 Å². The number of hydrogen-bond donors (Lipinski definition) is 0. The van der Waals surface area contributed by atoms with E-state index in [-0.39, 0.29) is 5.82 Å². The summed E-state index contributed by atoms with van der Waals surface area (Å²) in [5.41, 5.74) is 3.71. The first kappa shape index (κ1) is 18.6. The fourth-order valence-corrected chi connectivity index (χ4v) is 4.93. The van der Waals surface area contributed by atoms with Gasteiger partial charge in [0.1, 0.15) is 5.82 Å². The van der Waals surface area contributed by atoms with Crippen molar-refractivity contribution in [2.75, 3.05) is 26.2 Å². The highest BCUT2D eigenvalue weighted by Gasteiger charge is 2.41. The minimum atomic E-state index is -0.0754. The third-order valence-electron chi connectivity index (χ3n) is 6.38. The van der Waals surface area contributed by atoms with Crippen LogP contribution in [0.15, 0.2) is 30.5 Å². The minimum absolute atomic E-state index is 0.0754. The first-order valence-electron chi connectivity index (χ1n) is 10.3. The van der Waals surface area contributed by atoms with E-state index in [1.54, 1.807) is 12.1 Å². The van der Waals surface area contributed by atoms with Crippen molar-refractivity contribution in [3.05, 3.63) is 53.1 Å². The van der Waals surface area contributed by atoms with Gasteiger partial charge < -0.3 is 0 Å². The van der Waals surface area contributed by atoms with Crippen LogP contribution in [0.4, 0.5) is 4.39 Å². The van der Waals surface area contributed by atoms with Crippen LogP contribution in [0.1, 0.15) is 43.0 Å². The number of piperidine rings is 1. The van der Waals surface area contributed by atoms with E-state index in [4.69, 9.17) is 0 Å². The number of hydrogen-bond acceptors (Lipinski definition) is 3. The average Bonchev–Trinajstić information content (AvgIpc) is 3.21. The summed E-state index contributed by atoms with van der Waals surface area (Å²) >= 11 is 0. The Bertz CT molecular complexity index is 786. The minimum Gasteiger partial charge on any atom is -0.298 e. The van der Waals surface area contributed by atoms with Crippen molar-refractivity contribution < 1.29 is 4.39 Å². The third-order valence-corrected chi connectivity index (χ3v) is 6.38. The number of aromatic nitrogens is 2. The number of benzene rings is 1. The Morgan fingerprint density at radius 2 is 1.78 bits per heavy atom. The normalized spacial score (nSPS) is 24.1. The molecule has 2 aromatic rings. The molecule has 0 N–H and O–H groups in total. The summed E-state index contributed by atoms with van der Waals surface area (Å²) in [5.74, 6) is -0.0754. The van der Waals surface area contributed by atoms with E-state index in [0.717, 1.165) is 57.1 Å². The summed E-state index contributed by atoms with van der Waals surface area (Å²) in [7, 11) is 0. The number of aryl methyl sites for hydroxylation is 2. The molecule has 27 heavy (non-hydrogen) atoms. The van der Waals surface area contributed by atoms with Gasteiger partial charge in [0.2, 0.25) is 0 Å². The van der Waals surface area contributed by atoms with Crippen LogP contribution in [-0.2, 0) is 19.6 Å². The van der Waals surface area contributed by atoms with E-state index in [9.17, 15) is 4.39 Å². The summed E-state index contributed by atoms with van der Waals surface area (Å²) in [6.45, 7) is 11.4. The maximum absolute atomic E-state index is 14.0. The molecule has 0 radical (unpaired) electrons. The Morgan fingerprint density at radius 3 is 2.52 bits per heavy atom. The van der Waals surface area contributed by atoms with Crippen LogP contribution in [0.25, 0.3) is 0 Å². The van der Waals surface area contributed by atoms with Crippen LogP contribution in [0.3, 0.4) is 0 Å². The Balaban J connectivity index is 1.39. The van der Waals surface area contributed by atoms with Gasteiger partial charge in [0.15, 0.2) is 0 Å². The summed E-state index contributed by atoms with van der Waals surface area (Å²) in [5, 5.41) is 4.59. The molecular weight excluding hydrogens is 339 g/mol. The Morgan fingerprint density at radius 1 is 1.04 bits per heavy atom. The van der Waals surface area contributed by atoms with Crippen molar-refractivity contribution in [2.24, 2.45) is 5.41 Å². The van der Waals surface area contributed by atoms with Gasteiger partial charge in [0.25, 0.3) is 0 Å². The van der Waals surface area contributed by atoms with E-state index in [1.807, 2.05) is 16.8 Å². The summed E-state index contributed by atoms with van der Waals surface area (Å²) in [6.07, 6.45) is 5.97. The van der Waals surface area contributed by atoms with Crippen molar-refractivity contribution in [2.45, 2.75) is 52.7 Å². The Kier molecular flexibility index (Phi) is 5.33. The smallest absolute Gasteiger partial charge is 0.127 e.